The number of hydrogen-bond donors (Lipinski definition) is 2. The molecule has 0 saturated heterocycles. The Morgan fingerprint density at radius 1 is 1.27 bits per heavy atom. The van der Waals surface area contributed by atoms with Gasteiger partial charge in [0.05, 0.1) is 5.56 Å². The molecule has 0 saturated carbocycles. The topological polar surface area (TPSA) is 98.2 Å². The van der Waals surface area contributed by atoms with Crippen LogP contribution in [0.2, 0.25) is 0 Å². The molecule has 1 atom stereocenters. The lowest BCUT2D eigenvalue weighted by atomic mass is 9.84. The summed E-state index contributed by atoms with van der Waals surface area (Å²) in [5, 5.41) is 7.53. The van der Waals surface area contributed by atoms with Crippen LogP contribution in [0.1, 0.15) is 63.1 Å². The van der Waals surface area contributed by atoms with Crippen molar-refractivity contribution < 1.29 is 14.1 Å². The standard InChI is InChI=1S/C23H25N3O3S/c1-3-7-14-10-11-16-17(12-14)30-23(19(16)21(24)27)25-22(28)18-13(2)29-26-20(18)15-8-5-4-6-9-15/h4-6,8-9,14H,3,7,10-12H2,1-2H3,(H2,24,27)(H,25,28). The van der Waals surface area contributed by atoms with Gasteiger partial charge in [0, 0.05) is 10.4 Å². The van der Waals surface area contributed by atoms with E-state index in [1.54, 1.807) is 6.92 Å². The predicted octanol–water partition coefficient (Wildman–Crippen LogP) is 4.97. The molecule has 0 aliphatic heterocycles. The molecule has 0 spiro atoms. The van der Waals surface area contributed by atoms with E-state index < -0.39 is 5.91 Å². The molecule has 0 radical (unpaired) electrons. The Balaban J connectivity index is 1.67. The number of anilines is 1. The van der Waals surface area contributed by atoms with E-state index in [0.717, 1.165) is 41.7 Å². The lowest BCUT2D eigenvalue weighted by molar-refractivity contribution is 0.1000. The molecule has 2 heterocycles. The maximum Gasteiger partial charge on any atom is 0.262 e. The van der Waals surface area contributed by atoms with Gasteiger partial charge >= 0.3 is 0 Å². The normalized spacial score (nSPS) is 15.6. The number of primary amides is 1. The second-order valence-corrected chi connectivity index (χ2v) is 8.86. The molecule has 6 nitrogen and oxygen atoms in total. The number of nitrogens with zero attached hydrogens (tertiary/aromatic N) is 1. The van der Waals surface area contributed by atoms with Crippen molar-refractivity contribution in [3.8, 4) is 11.3 Å². The fourth-order valence-electron chi connectivity index (χ4n) is 4.26. The Kier molecular flexibility index (Phi) is 5.72. The second-order valence-electron chi connectivity index (χ2n) is 7.75. The van der Waals surface area contributed by atoms with E-state index in [2.05, 4.69) is 17.4 Å². The van der Waals surface area contributed by atoms with E-state index in [1.165, 1.54) is 17.8 Å². The highest BCUT2D eigenvalue weighted by molar-refractivity contribution is 7.17. The van der Waals surface area contributed by atoms with Gasteiger partial charge in [-0.15, -0.1) is 11.3 Å². The minimum atomic E-state index is -0.498. The van der Waals surface area contributed by atoms with Gasteiger partial charge in [-0.3, -0.25) is 9.59 Å². The van der Waals surface area contributed by atoms with Crippen molar-refractivity contribution in [1.82, 2.24) is 5.16 Å². The molecule has 1 unspecified atom stereocenters. The number of fused-ring (bicyclic) bond motifs is 1. The minimum Gasteiger partial charge on any atom is -0.365 e. The van der Waals surface area contributed by atoms with Gasteiger partial charge < -0.3 is 15.6 Å². The summed E-state index contributed by atoms with van der Waals surface area (Å²) in [5.41, 5.74) is 8.80. The third kappa shape index (κ3) is 3.77. The Labute approximate surface area is 179 Å². The molecular formula is C23H25N3O3S. The molecule has 0 fully saturated rings. The monoisotopic (exact) mass is 423 g/mol. The van der Waals surface area contributed by atoms with Crippen LogP contribution in [0, 0.1) is 12.8 Å². The largest absolute Gasteiger partial charge is 0.365 e. The van der Waals surface area contributed by atoms with E-state index in [4.69, 9.17) is 10.3 Å². The predicted molar refractivity (Wildman–Crippen MR) is 118 cm³/mol. The average Bonchev–Trinajstić information content (AvgIpc) is 3.28. The number of carbonyl (C=O) groups excluding carboxylic acids is 2. The summed E-state index contributed by atoms with van der Waals surface area (Å²) in [5.74, 6) is 0.201. The SMILES string of the molecule is CCCC1CCc2c(sc(NC(=O)c3c(-c4ccccc4)noc3C)c2C(N)=O)C1. The number of aryl methyl sites for hydroxylation is 1. The van der Waals surface area contributed by atoms with E-state index in [0.29, 0.717) is 33.5 Å². The first kappa shape index (κ1) is 20.3. The minimum absolute atomic E-state index is 0.348. The van der Waals surface area contributed by atoms with Crippen LogP contribution in [0.4, 0.5) is 5.00 Å². The lowest BCUT2D eigenvalue weighted by Gasteiger charge is -2.21. The molecular weight excluding hydrogens is 398 g/mol. The summed E-state index contributed by atoms with van der Waals surface area (Å²) >= 11 is 1.47. The third-order valence-electron chi connectivity index (χ3n) is 5.67. The van der Waals surface area contributed by atoms with Gasteiger partial charge in [0.15, 0.2) is 0 Å². The van der Waals surface area contributed by atoms with Gasteiger partial charge in [0.1, 0.15) is 22.0 Å². The van der Waals surface area contributed by atoms with Crippen LogP contribution < -0.4 is 11.1 Å². The summed E-state index contributed by atoms with van der Waals surface area (Å²) in [6.45, 7) is 3.90. The number of nitrogens with one attached hydrogen (secondary N) is 1. The van der Waals surface area contributed by atoms with Crippen molar-refractivity contribution in [3.63, 3.8) is 0 Å². The van der Waals surface area contributed by atoms with Gasteiger partial charge in [0.25, 0.3) is 11.8 Å². The van der Waals surface area contributed by atoms with Crippen molar-refractivity contribution in [2.24, 2.45) is 11.7 Å². The molecule has 30 heavy (non-hydrogen) atoms. The van der Waals surface area contributed by atoms with E-state index in [9.17, 15) is 9.59 Å². The Morgan fingerprint density at radius 2 is 2.03 bits per heavy atom. The Hall–Kier alpha value is -2.93. The summed E-state index contributed by atoms with van der Waals surface area (Å²) < 4.78 is 5.31. The zero-order valence-electron chi connectivity index (χ0n) is 17.2. The Morgan fingerprint density at radius 3 is 2.73 bits per heavy atom. The third-order valence-corrected chi connectivity index (χ3v) is 6.84. The fourth-order valence-corrected chi connectivity index (χ4v) is 5.62. The Bertz CT molecular complexity index is 1080. The maximum atomic E-state index is 13.2. The zero-order valence-corrected chi connectivity index (χ0v) is 18.0. The lowest BCUT2D eigenvalue weighted by Crippen LogP contribution is -2.20. The van der Waals surface area contributed by atoms with Crippen molar-refractivity contribution in [2.75, 3.05) is 5.32 Å². The number of hydrogen-bond acceptors (Lipinski definition) is 5. The van der Waals surface area contributed by atoms with Crippen LogP contribution in [0.25, 0.3) is 11.3 Å². The van der Waals surface area contributed by atoms with Crippen LogP contribution in [-0.4, -0.2) is 17.0 Å². The van der Waals surface area contributed by atoms with E-state index in [-0.39, 0.29) is 5.91 Å². The highest BCUT2D eigenvalue weighted by Gasteiger charge is 2.30. The molecule has 156 valence electrons. The number of nitrogens with two attached hydrogens (primary N) is 1. The first-order chi connectivity index (χ1) is 14.5. The molecule has 0 bridgehead atoms. The van der Waals surface area contributed by atoms with Crippen LogP contribution in [0.3, 0.4) is 0 Å². The van der Waals surface area contributed by atoms with Crippen molar-refractivity contribution in [3.05, 3.63) is 57.7 Å². The van der Waals surface area contributed by atoms with Crippen LogP contribution in [0.5, 0.6) is 0 Å². The van der Waals surface area contributed by atoms with E-state index in [1.807, 2.05) is 30.3 Å². The summed E-state index contributed by atoms with van der Waals surface area (Å²) in [6, 6.07) is 9.41. The molecule has 1 aliphatic rings. The summed E-state index contributed by atoms with van der Waals surface area (Å²) in [4.78, 5) is 26.6. The van der Waals surface area contributed by atoms with Gasteiger partial charge in [-0.25, -0.2) is 0 Å². The molecule has 7 heteroatoms. The van der Waals surface area contributed by atoms with Gasteiger partial charge in [-0.05, 0) is 37.7 Å². The quantitative estimate of drug-likeness (QED) is 0.585. The van der Waals surface area contributed by atoms with Crippen molar-refractivity contribution in [1.29, 1.82) is 0 Å². The number of rotatable bonds is 6. The molecule has 3 aromatic rings. The summed E-state index contributed by atoms with van der Waals surface area (Å²) in [6.07, 6.45) is 5.13. The van der Waals surface area contributed by atoms with Crippen LogP contribution in [-0.2, 0) is 12.8 Å². The van der Waals surface area contributed by atoms with Crippen LogP contribution in [0.15, 0.2) is 34.9 Å². The number of thiophene rings is 1. The number of amides is 2. The molecule has 4 rings (SSSR count). The van der Waals surface area contributed by atoms with Crippen molar-refractivity contribution >= 4 is 28.2 Å². The molecule has 1 aliphatic carbocycles. The highest BCUT2D eigenvalue weighted by atomic mass is 32.1. The van der Waals surface area contributed by atoms with Gasteiger partial charge in [-0.2, -0.15) is 0 Å². The average molecular weight is 424 g/mol. The maximum absolute atomic E-state index is 13.2. The molecule has 2 amide bonds. The van der Waals surface area contributed by atoms with Crippen molar-refractivity contribution in [2.45, 2.75) is 46.0 Å². The number of carbonyl (C=O) groups is 2. The highest BCUT2D eigenvalue weighted by Crippen LogP contribution is 2.41. The number of aromatic nitrogens is 1. The van der Waals surface area contributed by atoms with E-state index >= 15 is 0 Å². The molecule has 2 aromatic heterocycles. The zero-order chi connectivity index (χ0) is 21.3. The number of benzene rings is 1. The second kappa shape index (κ2) is 8.44. The van der Waals surface area contributed by atoms with Gasteiger partial charge in [-0.1, -0.05) is 55.3 Å². The summed E-state index contributed by atoms with van der Waals surface area (Å²) in [7, 11) is 0. The van der Waals surface area contributed by atoms with Crippen LogP contribution >= 0.6 is 11.3 Å². The van der Waals surface area contributed by atoms with Gasteiger partial charge in [0.2, 0.25) is 0 Å². The first-order valence-electron chi connectivity index (χ1n) is 10.3. The smallest absolute Gasteiger partial charge is 0.262 e. The first-order valence-corrected chi connectivity index (χ1v) is 11.1. The molecule has 1 aromatic carbocycles. The molecule has 3 N–H and O–H groups in total. The fraction of sp³-hybridized carbons (Fsp3) is 0.348.